The molecule has 5 heteroatoms. The number of nitriles is 1. The summed E-state index contributed by atoms with van der Waals surface area (Å²) in [6.07, 6.45) is 4.58. The highest BCUT2D eigenvalue weighted by molar-refractivity contribution is 6.17. The summed E-state index contributed by atoms with van der Waals surface area (Å²) in [7, 11) is 0. The van der Waals surface area contributed by atoms with Gasteiger partial charge in [0.2, 0.25) is 0 Å². The maximum absolute atomic E-state index is 8.85. The second-order valence-corrected chi connectivity index (χ2v) is 5.83. The van der Waals surface area contributed by atoms with Crippen molar-refractivity contribution in [2.45, 2.75) is 6.61 Å². The summed E-state index contributed by atoms with van der Waals surface area (Å²) in [4.78, 5) is 4.00. The largest absolute Gasteiger partial charge is 0.489 e. The van der Waals surface area contributed by atoms with E-state index in [1.54, 1.807) is 24.5 Å². The molecule has 0 atom stereocenters. The first-order valence-electron chi connectivity index (χ1n) is 8.34. The summed E-state index contributed by atoms with van der Waals surface area (Å²) >= 11 is 0. The predicted molar refractivity (Wildman–Crippen MR) is 106 cm³/mol. The normalized spacial score (nSPS) is 11.2. The molecule has 2 aromatic carbocycles. The minimum atomic E-state index is 0.389. The van der Waals surface area contributed by atoms with Gasteiger partial charge in [-0.05, 0) is 47.5 Å². The van der Waals surface area contributed by atoms with Crippen molar-refractivity contribution in [2.75, 3.05) is 0 Å². The number of rotatable bonds is 6. The Labute approximate surface area is 157 Å². The fraction of sp³-hybridized carbons (Fsp3) is 0.0455. The molecule has 5 nitrogen and oxygen atoms in total. The summed E-state index contributed by atoms with van der Waals surface area (Å²) in [5.41, 5.74) is 10.6. The summed E-state index contributed by atoms with van der Waals surface area (Å²) in [5, 5.41) is 16.6. The van der Waals surface area contributed by atoms with Crippen LogP contribution < -0.4 is 10.5 Å². The number of aromatic nitrogens is 1. The maximum atomic E-state index is 8.85. The van der Waals surface area contributed by atoms with Crippen molar-refractivity contribution in [1.82, 2.24) is 4.98 Å². The lowest BCUT2D eigenvalue weighted by atomic mass is 10.0. The molecule has 1 heterocycles. The van der Waals surface area contributed by atoms with Crippen molar-refractivity contribution in [3.63, 3.8) is 0 Å². The van der Waals surface area contributed by atoms with Crippen LogP contribution in [0.2, 0.25) is 0 Å². The third-order valence-corrected chi connectivity index (χ3v) is 4.06. The highest BCUT2D eigenvalue weighted by Crippen LogP contribution is 2.24. The lowest BCUT2D eigenvalue weighted by molar-refractivity contribution is 0.306. The van der Waals surface area contributed by atoms with E-state index in [0.717, 1.165) is 16.7 Å². The zero-order chi connectivity index (χ0) is 19.1. The number of benzene rings is 2. The van der Waals surface area contributed by atoms with Crippen LogP contribution in [0.25, 0.3) is 11.3 Å². The molecule has 132 valence electrons. The van der Waals surface area contributed by atoms with E-state index in [-0.39, 0.29) is 0 Å². The number of hydrogen-bond acceptors (Lipinski definition) is 5. The Hall–Kier alpha value is -3.91. The van der Waals surface area contributed by atoms with Crippen LogP contribution >= 0.6 is 0 Å². The van der Waals surface area contributed by atoms with Crippen molar-refractivity contribution in [3.8, 4) is 11.8 Å². The Bertz CT molecular complexity index is 1000. The molecule has 0 saturated carbocycles. The second kappa shape index (κ2) is 8.45. The van der Waals surface area contributed by atoms with Crippen LogP contribution in [0.3, 0.4) is 0 Å². The van der Waals surface area contributed by atoms with E-state index >= 15 is 0 Å². The zero-order valence-corrected chi connectivity index (χ0v) is 14.6. The summed E-state index contributed by atoms with van der Waals surface area (Å²) in [6.45, 7) is 0.389. The average molecular weight is 354 g/mol. The minimum absolute atomic E-state index is 0.389. The van der Waals surface area contributed by atoms with Crippen LogP contribution in [0.15, 0.2) is 73.1 Å². The van der Waals surface area contributed by atoms with Gasteiger partial charge in [0.25, 0.3) is 0 Å². The molecule has 3 aromatic rings. The van der Waals surface area contributed by atoms with E-state index < -0.39 is 0 Å². The number of ether oxygens (including phenoxy) is 1. The summed E-state index contributed by atoms with van der Waals surface area (Å²) < 4.78 is 5.85. The molecule has 0 aliphatic carbocycles. The molecule has 0 bridgehead atoms. The van der Waals surface area contributed by atoms with Crippen molar-refractivity contribution in [3.05, 3.63) is 95.3 Å². The van der Waals surface area contributed by atoms with E-state index in [0.29, 0.717) is 29.2 Å². The predicted octanol–water partition coefficient (Wildman–Crippen LogP) is 4.01. The highest BCUT2D eigenvalue weighted by Gasteiger charge is 2.08. The molecule has 0 radical (unpaired) electrons. The molecule has 1 aromatic heterocycles. The van der Waals surface area contributed by atoms with Crippen LogP contribution in [-0.2, 0) is 6.61 Å². The molecule has 27 heavy (non-hydrogen) atoms. The monoisotopic (exact) mass is 354 g/mol. The zero-order valence-electron chi connectivity index (χ0n) is 14.6. The Morgan fingerprint density at radius 1 is 1.07 bits per heavy atom. The SMILES string of the molecule is N#Cc1ccc(COc2cccc(/C(N)=C(/C=N)c3ccncc3)c2)cc1. The Morgan fingerprint density at radius 3 is 2.48 bits per heavy atom. The van der Waals surface area contributed by atoms with Crippen LogP contribution in [-0.4, -0.2) is 11.2 Å². The number of pyridine rings is 1. The molecular weight excluding hydrogens is 336 g/mol. The van der Waals surface area contributed by atoms with Crippen LogP contribution in [0.5, 0.6) is 5.75 Å². The first-order valence-corrected chi connectivity index (χ1v) is 8.34. The van der Waals surface area contributed by atoms with Crippen molar-refractivity contribution < 1.29 is 4.74 Å². The Balaban J connectivity index is 1.81. The highest BCUT2D eigenvalue weighted by atomic mass is 16.5. The van der Waals surface area contributed by atoms with E-state index in [2.05, 4.69) is 11.1 Å². The molecule has 0 fully saturated rings. The van der Waals surface area contributed by atoms with Gasteiger partial charge in [-0.2, -0.15) is 5.26 Å². The van der Waals surface area contributed by atoms with Gasteiger partial charge in [-0.15, -0.1) is 0 Å². The van der Waals surface area contributed by atoms with Crippen molar-refractivity contribution in [1.29, 1.82) is 10.7 Å². The molecule has 0 unspecified atom stereocenters. The van der Waals surface area contributed by atoms with E-state index in [1.165, 1.54) is 6.21 Å². The van der Waals surface area contributed by atoms with Crippen LogP contribution in [0, 0.1) is 16.7 Å². The first kappa shape index (κ1) is 17.9. The lowest BCUT2D eigenvalue weighted by Gasteiger charge is -2.11. The van der Waals surface area contributed by atoms with Gasteiger partial charge in [0.05, 0.1) is 11.6 Å². The Kier molecular flexibility index (Phi) is 5.60. The van der Waals surface area contributed by atoms with Crippen molar-refractivity contribution >= 4 is 17.5 Å². The maximum Gasteiger partial charge on any atom is 0.120 e. The van der Waals surface area contributed by atoms with Crippen LogP contribution in [0.1, 0.15) is 22.3 Å². The fourth-order valence-corrected chi connectivity index (χ4v) is 2.60. The molecule has 0 amide bonds. The second-order valence-electron chi connectivity index (χ2n) is 5.83. The van der Waals surface area contributed by atoms with Crippen molar-refractivity contribution in [2.24, 2.45) is 5.73 Å². The quantitative estimate of drug-likeness (QED) is 0.654. The third kappa shape index (κ3) is 4.39. The average Bonchev–Trinajstić information content (AvgIpc) is 2.74. The molecule has 0 spiro atoms. The van der Waals surface area contributed by atoms with Gasteiger partial charge in [-0.3, -0.25) is 4.98 Å². The van der Waals surface area contributed by atoms with Gasteiger partial charge in [0, 0.05) is 35.4 Å². The van der Waals surface area contributed by atoms with E-state index in [1.807, 2.05) is 48.5 Å². The molecular formula is C22H18N4O. The summed E-state index contributed by atoms with van der Waals surface area (Å²) in [6, 6.07) is 20.5. The third-order valence-electron chi connectivity index (χ3n) is 4.06. The summed E-state index contributed by atoms with van der Waals surface area (Å²) in [5.74, 6) is 0.680. The van der Waals surface area contributed by atoms with Gasteiger partial charge in [-0.25, -0.2) is 0 Å². The number of allylic oxidation sites excluding steroid dienone is 1. The molecule has 0 aliphatic rings. The fourth-order valence-electron chi connectivity index (χ4n) is 2.60. The topological polar surface area (TPSA) is 95.8 Å². The Morgan fingerprint density at radius 2 is 1.81 bits per heavy atom. The number of nitrogens with two attached hydrogens (primary N) is 1. The van der Waals surface area contributed by atoms with Gasteiger partial charge in [0.15, 0.2) is 0 Å². The standard InChI is InChI=1S/C22H18N4O/c23-13-16-4-6-17(7-5-16)15-27-20-3-1-2-19(12-20)22(25)21(14-24)18-8-10-26-11-9-18/h1-12,14,24H,15,25H2/b22-21+,24-14?. The molecule has 0 aliphatic heterocycles. The van der Waals surface area contributed by atoms with Gasteiger partial charge in [-0.1, -0.05) is 24.3 Å². The van der Waals surface area contributed by atoms with E-state index in [4.69, 9.17) is 21.1 Å². The molecule has 3 N–H and O–H groups in total. The smallest absolute Gasteiger partial charge is 0.120 e. The molecule has 0 saturated heterocycles. The van der Waals surface area contributed by atoms with Gasteiger partial charge in [0.1, 0.15) is 12.4 Å². The number of nitrogens with zero attached hydrogens (tertiary/aromatic N) is 2. The van der Waals surface area contributed by atoms with Crippen LogP contribution in [0.4, 0.5) is 0 Å². The minimum Gasteiger partial charge on any atom is -0.489 e. The number of nitrogens with one attached hydrogen (secondary N) is 1. The number of hydrogen-bond donors (Lipinski definition) is 2. The van der Waals surface area contributed by atoms with Gasteiger partial charge >= 0.3 is 0 Å². The lowest BCUT2D eigenvalue weighted by Crippen LogP contribution is -2.03. The molecule has 3 rings (SSSR count). The first-order chi connectivity index (χ1) is 13.2. The van der Waals surface area contributed by atoms with E-state index in [9.17, 15) is 0 Å². The van der Waals surface area contributed by atoms with Gasteiger partial charge < -0.3 is 15.9 Å².